The first-order chi connectivity index (χ1) is 10.3. The summed E-state index contributed by atoms with van der Waals surface area (Å²) in [5.74, 6) is 2.27. The molecule has 0 spiro atoms. The number of anilines is 1. The predicted octanol–water partition coefficient (Wildman–Crippen LogP) is 4.47. The van der Waals surface area contributed by atoms with Crippen molar-refractivity contribution >= 4 is 27.5 Å². The molecule has 0 aliphatic heterocycles. The average molecular weight is 305 g/mol. The largest absolute Gasteiger partial charge is 0.474 e. The van der Waals surface area contributed by atoms with Crippen LogP contribution in [0.4, 0.5) is 5.95 Å². The first-order valence-electron chi connectivity index (χ1n) is 7.92. The lowest BCUT2D eigenvalue weighted by molar-refractivity contribution is 0.132. The third-order valence-corrected chi connectivity index (χ3v) is 4.87. The summed E-state index contributed by atoms with van der Waals surface area (Å²) in [6.45, 7) is 5.35. The molecule has 21 heavy (non-hydrogen) atoms. The second-order valence-electron chi connectivity index (χ2n) is 5.92. The highest BCUT2D eigenvalue weighted by atomic mass is 32.1. The van der Waals surface area contributed by atoms with E-state index >= 15 is 0 Å². The van der Waals surface area contributed by atoms with Gasteiger partial charge in [0.25, 0.3) is 0 Å². The minimum Gasteiger partial charge on any atom is -0.474 e. The van der Waals surface area contributed by atoms with E-state index in [-0.39, 0.29) is 0 Å². The van der Waals surface area contributed by atoms with Gasteiger partial charge in [-0.25, -0.2) is 4.98 Å². The monoisotopic (exact) mass is 305 g/mol. The Labute approximate surface area is 129 Å². The molecule has 0 bridgehead atoms. The molecule has 5 heteroatoms. The summed E-state index contributed by atoms with van der Waals surface area (Å²) in [6, 6.07) is 2.06. The molecule has 1 aliphatic carbocycles. The Morgan fingerprint density at radius 2 is 2.10 bits per heavy atom. The van der Waals surface area contributed by atoms with E-state index in [2.05, 4.69) is 40.6 Å². The van der Waals surface area contributed by atoms with E-state index in [0.29, 0.717) is 12.1 Å². The highest BCUT2D eigenvalue weighted by Gasteiger charge is 2.21. The number of fused-ring (bicyclic) bond motifs is 1. The first-order valence-corrected chi connectivity index (χ1v) is 8.80. The summed E-state index contributed by atoms with van der Waals surface area (Å²) in [5, 5.41) is 6.36. The van der Waals surface area contributed by atoms with Crippen LogP contribution >= 0.6 is 11.3 Å². The quantitative estimate of drug-likeness (QED) is 0.885. The Morgan fingerprint density at radius 3 is 2.86 bits per heavy atom. The van der Waals surface area contributed by atoms with Gasteiger partial charge in [-0.2, -0.15) is 4.98 Å². The molecule has 0 saturated heterocycles. The molecule has 1 N–H and O–H groups in total. The van der Waals surface area contributed by atoms with E-state index in [9.17, 15) is 0 Å². The highest BCUT2D eigenvalue weighted by molar-refractivity contribution is 7.16. The minimum absolute atomic E-state index is 0.304. The molecule has 0 aromatic carbocycles. The van der Waals surface area contributed by atoms with E-state index in [1.165, 1.54) is 12.8 Å². The standard InChI is InChI=1S/C16H23N3OS/c1-3-9-17-16-18-14(13-8-10-21-15(13)19-16)20-12-6-4-11(2)5-7-12/h8,10-12H,3-7,9H2,1-2H3,(H,17,18,19). The van der Waals surface area contributed by atoms with Crippen molar-refractivity contribution in [1.82, 2.24) is 9.97 Å². The highest BCUT2D eigenvalue weighted by Crippen LogP contribution is 2.32. The lowest BCUT2D eigenvalue weighted by atomic mass is 9.89. The maximum absolute atomic E-state index is 6.21. The number of nitrogens with one attached hydrogen (secondary N) is 1. The lowest BCUT2D eigenvalue weighted by Crippen LogP contribution is -2.23. The molecule has 2 aromatic heterocycles. The third-order valence-electron chi connectivity index (χ3n) is 4.06. The molecule has 0 amide bonds. The normalized spacial score (nSPS) is 22.4. The smallest absolute Gasteiger partial charge is 0.227 e. The summed E-state index contributed by atoms with van der Waals surface area (Å²) in [6.07, 6.45) is 6.14. The zero-order valence-electron chi connectivity index (χ0n) is 12.8. The Morgan fingerprint density at radius 1 is 1.29 bits per heavy atom. The van der Waals surface area contributed by atoms with Crippen LogP contribution in [0, 0.1) is 5.92 Å². The molecular weight excluding hydrogens is 282 g/mol. The number of thiophene rings is 1. The predicted molar refractivity (Wildman–Crippen MR) is 88.2 cm³/mol. The van der Waals surface area contributed by atoms with Crippen LogP contribution < -0.4 is 10.1 Å². The van der Waals surface area contributed by atoms with Gasteiger partial charge in [-0.15, -0.1) is 11.3 Å². The Balaban J connectivity index is 1.80. The van der Waals surface area contributed by atoms with E-state index in [1.807, 2.05) is 0 Å². The van der Waals surface area contributed by atoms with Gasteiger partial charge in [-0.05, 0) is 49.5 Å². The number of aromatic nitrogens is 2. The second-order valence-corrected chi connectivity index (χ2v) is 6.81. The number of hydrogen-bond acceptors (Lipinski definition) is 5. The molecule has 0 atom stereocenters. The number of ether oxygens (including phenoxy) is 1. The fourth-order valence-electron chi connectivity index (χ4n) is 2.74. The summed E-state index contributed by atoms with van der Waals surface area (Å²) in [7, 11) is 0. The summed E-state index contributed by atoms with van der Waals surface area (Å²) >= 11 is 1.64. The lowest BCUT2D eigenvalue weighted by Gasteiger charge is -2.26. The van der Waals surface area contributed by atoms with Crippen molar-refractivity contribution in [1.29, 1.82) is 0 Å². The van der Waals surface area contributed by atoms with Gasteiger partial charge in [0.05, 0.1) is 5.39 Å². The summed E-state index contributed by atoms with van der Waals surface area (Å²) in [4.78, 5) is 10.1. The molecule has 114 valence electrons. The summed E-state index contributed by atoms with van der Waals surface area (Å²) in [5.41, 5.74) is 0. The van der Waals surface area contributed by atoms with E-state index < -0.39 is 0 Å². The maximum atomic E-state index is 6.21. The Kier molecular flexibility index (Phi) is 4.58. The molecular formula is C16H23N3OS. The first kappa shape index (κ1) is 14.6. The fraction of sp³-hybridized carbons (Fsp3) is 0.625. The van der Waals surface area contributed by atoms with Crippen LogP contribution in [0.15, 0.2) is 11.4 Å². The molecule has 4 nitrogen and oxygen atoms in total. The van der Waals surface area contributed by atoms with Gasteiger partial charge in [0.1, 0.15) is 10.9 Å². The van der Waals surface area contributed by atoms with E-state index in [1.54, 1.807) is 11.3 Å². The average Bonchev–Trinajstić information content (AvgIpc) is 2.96. The van der Waals surface area contributed by atoms with Crippen LogP contribution in [-0.4, -0.2) is 22.6 Å². The Hall–Kier alpha value is -1.36. The van der Waals surface area contributed by atoms with Gasteiger partial charge in [0, 0.05) is 6.54 Å². The molecule has 1 saturated carbocycles. The van der Waals surface area contributed by atoms with Crippen LogP contribution in [0.3, 0.4) is 0 Å². The molecule has 2 aromatic rings. The van der Waals surface area contributed by atoms with Gasteiger partial charge in [-0.3, -0.25) is 0 Å². The molecule has 1 fully saturated rings. The summed E-state index contributed by atoms with van der Waals surface area (Å²) < 4.78 is 6.21. The van der Waals surface area contributed by atoms with Crippen molar-refractivity contribution in [2.45, 2.75) is 52.1 Å². The number of hydrogen-bond donors (Lipinski definition) is 1. The van der Waals surface area contributed by atoms with Gasteiger partial charge >= 0.3 is 0 Å². The van der Waals surface area contributed by atoms with Gasteiger partial charge < -0.3 is 10.1 Å². The van der Waals surface area contributed by atoms with Gasteiger partial charge in [0.2, 0.25) is 11.8 Å². The molecule has 1 aliphatic rings. The van der Waals surface area contributed by atoms with Gasteiger partial charge in [-0.1, -0.05) is 13.8 Å². The van der Waals surface area contributed by atoms with E-state index in [0.717, 1.165) is 47.8 Å². The Bertz CT molecular complexity index is 590. The van der Waals surface area contributed by atoms with Crippen LogP contribution in [-0.2, 0) is 0 Å². The van der Waals surface area contributed by atoms with Crippen molar-refractivity contribution < 1.29 is 4.74 Å². The zero-order valence-corrected chi connectivity index (χ0v) is 13.6. The fourth-order valence-corrected chi connectivity index (χ4v) is 3.49. The molecule has 0 radical (unpaired) electrons. The number of nitrogens with zero attached hydrogens (tertiary/aromatic N) is 2. The van der Waals surface area contributed by atoms with Crippen molar-refractivity contribution in [3.63, 3.8) is 0 Å². The van der Waals surface area contributed by atoms with E-state index in [4.69, 9.17) is 4.74 Å². The van der Waals surface area contributed by atoms with Crippen LogP contribution in [0.5, 0.6) is 5.88 Å². The van der Waals surface area contributed by atoms with Crippen LogP contribution in [0.25, 0.3) is 10.2 Å². The number of rotatable bonds is 5. The minimum atomic E-state index is 0.304. The van der Waals surface area contributed by atoms with Crippen LogP contribution in [0.1, 0.15) is 46.0 Å². The second kappa shape index (κ2) is 6.60. The van der Waals surface area contributed by atoms with Crippen molar-refractivity contribution in [3.05, 3.63) is 11.4 Å². The topological polar surface area (TPSA) is 47.0 Å². The molecule has 3 rings (SSSR count). The molecule has 0 unspecified atom stereocenters. The third kappa shape index (κ3) is 3.46. The van der Waals surface area contributed by atoms with Crippen molar-refractivity contribution in [2.75, 3.05) is 11.9 Å². The maximum Gasteiger partial charge on any atom is 0.227 e. The van der Waals surface area contributed by atoms with Gasteiger partial charge in [0.15, 0.2) is 0 Å². The molecule has 2 heterocycles. The van der Waals surface area contributed by atoms with Crippen molar-refractivity contribution in [3.8, 4) is 5.88 Å². The SMILES string of the molecule is CCCNc1nc(OC2CCC(C)CC2)c2ccsc2n1. The van der Waals surface area contributed by atoms with Crippen LogP contribution in [0.2, 0.25) is 0 Å². The van der Waals surface area contributed by atoms with Crippen molar-refractivity contribution in [2.24, 2.45) is 5.92 Å². The zero-order chi connectivity index (χ0) is 14.7.